The number of phenolic OH excluding ortho intramolecular Hbond substituents is 1. The van der Waals surface area contributed by atoms with Crippen molar-refractivity contribution >= 4 is 11.0 Å². The number of hydrogen-bond acceptors (Lipinski definition) is 7. The van der Waals surface area contributed by atoms with Gasteiger partial charge in [-0.3, -0.25) is 0 Å². The molecule has 0 amide bonds. The molecule has 0 spiro atoms. The molecule has 7 heteroatoms. The van der Waals surface area contributed by atoms with E-state index in [1.165, 1.54) is 26.4 Å². The van der Waals surface area contributed by atoms with Crippen LogP contribution in [-0.4, -0.2) is 25.4 Å². The summed E-state index contributed by atoms with van der Waals surface area (Å²) in [6.07, 6.45) is -0.874. The van der Waals surface area contributed by atoms with Crippen molar-refractivity contribution in [3.63, 3.8) is 0 Å². The largest absolute Gasteiger partial charge is 0.504 e. The van der Waals surface area contributed by atoms with Gasteiger partial charge in [-0.1, -0.05) is 6.07 Å². The Hall–Kier alpha value is -3.35. The van der Waals surface area contributed by atoms with Gasteiger partial charge in [-0.15, -0.1) is 0 Å². The molecule has 2 atom stereocenters. The van der Waals surface area contributed by atoms with Crippen molar-refractivity contribution in [2.75, 3.05) is 14.2 Å². The lowest BCUT2D eigenvalue weighted by molar-refractivity contribution is 0.0285. The van der Waals surface area contributed by atoms with E-state index in [1.54, 1.807) is 24.3 Å². The van der Waals surface area contributed by atoms with Gasteiger partial charge in [-0.2, -0.15) is 0 Å². The fraction of sp³-hybridized carbons (Fsp3) is 0.250. The van der Waals surface area contributed by atoms with Gasteiger partial charge >= 0.3 is 5.63 Å². The summed E-state index contributed by atoms with van der Waals surface area (Å²) in [4.78, 5) is 11.7. The third-order valence-corrected chi connectivity index (χ3v) is 4.51. The summed E-state index contributed by atoms with van der Waals surface area (Å²) in [6.45, 7) is 1.85. The van der Waals surface area contributed by atoms with Crippen molar-refractivity contribution in [2.45, 2.75) is 19.1 Å². The molecule has 0 aliphatic carbocycles. The summed E-state index contributed by atoms with van der Waals surface area (Å²) in [5.41, 5.74) is 0.600. The number of phenols is 1. The highest BCUT2D eigenvalue weighted by Crippen LogP contribution is 2.49. The zero-order valence-corrected chi connectivity index (χ0v) is 15.0. The van der Waals surface area contributed by atoms with E-state index in [-0.39, 0.29) is 5.75 Å². The normalized spacial score (nSPS) is 18.3. The van der Waals surface area contributed by atoms with Gasteiger partial charge in [-0.25, -0.2) is 4.79 Å². The smallest absolute Gasteiger partial charge is 0.336 e. The number of aromatic hydroxyl groups is 1. The van der Waals surface area contributed by atoms with Crippen molar-refractivity contribution in [1.29, 1.82) is 0 Å². The van der Waals surface area contributed by atoms with E-state index in [4.69, 9.17) is 23.4 Å². The molecule has 1 aromatic heterocycles. The van der Waals surface area contributed by atoms with Gasteiger partial charge in [0.1, 0.15) is 6.10 Å². The van der Waals surface area contributed by atoms with E-state index in [1.807, 2.05) is 6.92 Å². The second-order valence-corrected chi connectivity index (χ2v) is 6.20. The Kier molecular flexibility index (Phi) is 4.07. The summed E-state index contributed by atoms with van der Waals surface area (Å²) in [5.74, 6) is 1.53. The summed E-state index contributed by atoms with van der Waals surface area (Å²) in [7, 11) is 3.01. The average Bonchev–Trinajstić information content (AvgIpc) is 2.67. The van der Waals surface area contributed by atoms with Gasteiger partial charge in [0.2, 0.25) is 11.5 Å². The number of hydrogen-bond donors (Lipinski definition) is 1. The minimum Gasteiger partial charge on any atom is -0.504 e. The molecule has 2 heterocycles. The fourth-order valence-electron chi connectivity index (χ4n) is 3.19. The van der Waals surface area contributed by atoms with Crippen LogP contribution in [0.3, 0.4) is 0 Å². The summed E-state index contributed by atoms with van der Waals surface area (Å²) >= 11 is 0. The molecule has 2 aromatic carbocycles. The molecular formula is C20H18O7. The molecule has 0 fully saturated rings. The van der Waals surface area contributed by atoms with Crippen LogP contribution in [0.5, 0.6) is 28.7 Å². The highest BCUT2D eigenvalue weighted by atomic mass is 16.6. The third kappa shape index (κ3) is 2.81. The first-order valence-electron chi connectivity index (χ1n) is 8.37. The predicted octanol–water partition coefficient (Wildman–Crippen LogP) is 3.42. The van der Waals surface area contributed by atoms with E-state index < -0.39 is 17.8 Å². The molecule has 0 saturated heterocycles. The SMILES string of the molecule is COc1cc([C@@H]2Oc3c(OC)cc4ccc(=O)oc4c3O[C@H]2C)ccc1O. The van der Waals surface area contributed by atoms with Crippen LogP contribution in [0.2, 0.25) is 0 Å². The van der Waals surface area contributed by atoms with Crippen molar-refractivity contribution < 1.29 is 28.5 Å². The maximum absolute atomic E-state index is 11.7. The zero-order chi connectivity index (χ0) is 19.1. The van der Waals surface area contributed by atoms with Gasteiger partial charge in [-0.05, 0) is 31.2 Å². The third-order valence-electron chi connectivity index (χ3n) is 4.51. The molecule has 1 aliphatic heterocycles. The fourth-order valence-corrected chi connectivity index (χ4v) is 3.19. The number of methoxy groups -OCH3 is 2. The Morgan fingerprint density at radius 1 is 0.963 bits per heavy atom. The minimum atomic E-state index is -0.478. The average molecular weight is 370 g/mol. The van der Waals surface area contributed by atoms with Crippen LogP contribution in [0.15, 0.2) is 45.6 Å². The number of ether oxygens (including phenoxy) is 4. The highest BCUT2D eigenvalue weighted by molar-refractivity contribution is 5.88. The Labute approximate surface area is 154 Å². The van der Waals surface area contributed by atoms with Crippen LogP contribution in [0.4, 0.5) is 0 Å². The molecule has 1 N–H and O–H groups in total. The summed E-state index contributed by atoms with van der Waals surface area (Å²) in [6, 6.07) is 9.68. The standard InChI is InChI=1S/C20H18O7/c1-10-17(11-4-6-13(21)14(8-11)23-2)27-19-15(24-3)9-12-5-7-16(22)26-18(12)20(19)25-10/h4-10,17,21H,1-3H3/t10-,17+/m0/s1. The lowest BCUT2D eigenvalue weighted by Gasteiger charge is -2.33. The second kappa shape index (κ2) is 6.42. The van der Waals surface area contributed by atoms with Gasteiger partial charge in [0.15, 0.2) is 28.9 Å². The molecule has 0 saturated carbocycles. The van der Waals surface area contributed by atoms with Crippen LogP contribution >= 0.6 is 0 Å². The summed E-state index contributed by atoms with van der Waals surface area (Å²) < 4.78 is 28.2. The molecule has 1 aliphatic rings. The Morgan fingerprint density at radius 3 is 2.48 bits per heavy atom. The van der Waals surface area contributed by atoms with E-state index in [0.717, 1.165) is 5.56 Å². The quantitative estimate of drug-likeness (QED) is 0.707. The van der Waals surface area contributed by atoms with Crippen LogP contribution in [0.25, 0.3) is 11.0 Å². The molecule has 27 heavy (non-hydrogen) atoms. The van der Waals surface area contributed by atoms with E-state index in [2.05, 4.69) is 0 Å². The summed E-state index contributed by atoms with van der Waals surface area (Å²) in [5, 5.41) is 10.5. The van der Waals surface area contributed by atoms with Crippen molar-refractivity contribution in [2.24, 2.45) is 0 Å². The van der Waals surface area contributed by atoms with Crippen LogP contribution in [0, 0.1) is 0 Å². The van der Waals surface area contributed by atoms with Gasteiger partial charge in [0, 0.05) is 17.0 Å². The van der Waals surface area contributed by atoms with Gasteiger partial charge in [0.25, 0.3) is 0 Å². The first-order chi connectivity index (χ1) is 13.0. The first-order valence-corrected chi connectivity index (χ1v) is 8.37. The highest BCUT2D eigenvalue weighted by Gasteiger charge is 2.34. The zero-order valence-electron chi connectivity index (χ0n) is 15.0. The van der Waals surface area contributed by atoms with Crippen LogP contribution in [-0.2, 0) is 0 Å². The van der Waals surface area contributed by atoms with Crippen LogP contribution < -0.4 is 24.6 Å². The van der Waals surface area contributed by atoms with Crippen molar-refractivity contribution in [3.8, 4) is 28.7 Å². The lowest BCUT2D eigenvalue weighted by atomic mass is 10.0. The first kappa shape index (κ1) is 17.1. The van der Waals surface area contributed by atoms with E-state index in [0.29, 0.717) is 34.0 Å². The molecule has 7 nitrogen and oxygen atoms in total. The van der Waals surface area contributed by atoms with Crippen molar-refractivity contribution in [3.05, 3.63) is 52.4 Å². The number of benzene rings is 2. The number of rotatable bonds is 3. The predicted molar refractivity (Wildman–Crippen MR) is 97.2 cm³/mol. The van der Waals surface area contributed by atoms with Crippen LogP contribution in [0.1, 0.15) is 18.6 Å². The minimum absolute atomic E-state index is 0.0383. The molecule has 0 unspecified atom stereocenters. The molecule has 0 radical (unpaired) electrons. The molecule has 4 rings (SSSR count). The lowest BCUT2D eigenvalue weighted by Crippen LogP contribution is -2.31. The molecule has 0 bridgehead atoms. The molecule has 140 valence electrons. The second-order valence-electron chi connectivity index (χ2n) is 6.20. The Morgan fingerprint density at radius 2 is 1.74 bits per heavy atom. The van der Waals surface area contributed by atoms with Crippen molar-refractivity contribution in [1.82, 2.24) is 0 Å². The van der Waals surface area contributed by atoms with E-state index >= 15 is 0 Å². The monoisotopic (exact) mass is 370 g/mol. The Bertz CT molecular complexity index is 1070. The Balaban J connectivity index is 1.85. The maximum Gasteiger partial charge on any atom is 0.336 e. The van der Waals surface area contributed by atoms with Gasteiger partial charge < -0.3 is 28.5 Å². The molecule has 3 aromatic rings. The topological polar surface area (TPSA) is 87.4 Å². The van der Waals surface area contributed by atoms with Gasteiger partial charge in [0.05, 0.1) is 14.2 Å². The number of fused-ring (bicyclic) bond motifs is 3. The molecular weight excluding hydrogens is 352 g/mol. The van der Waals surface area contributed by atoms with E-state index in [9.17, 15) is 9.90 Å². The maximum atomic E-state index is 11.7.